The summed E-state index contributed by atoms with van der Waals surface area (Å²) >= 11 is 0. The minimum absolute atomic E-state index is 0.0605. The normalized spacial score (nSPS) is 16.6. The van der Waals surface area contributed by atoms with Gasteiger partial charge in [0.25, 0.3) is 0 Å². The number of carbonyl (C=O) groups is 2. The summed E-state index contributed by atoms with van der Waals surface area (Å²) in [6.07, 6.45) is 3.08. The van der Waals surface area contributed by atoms with Crippen LogP contribution in [-0.2, 0) is 9.53 Å². The minimum Gasteiger partial charge on any atom is -0.444 e. The van der Waals surface area contributed by atoms with Gasteiger partial charge >= 0.3 is 6.09 Å². The van der Waals surface area contributed by atoms with Crippen molar-refractivity contribution in [2.75, 3.05) is 6.54 Å². The first-order valence-corrected chi connectivity index (χ1v) is 7.04. The zero-order chi connectivity index (χ0) is 14.5. The van der Waals surface area contributed by atoms with Crippen LogP contribution in [-0.4, -0.2) is 30.2 Å². The van der Waals surface area contributed by atoms with Crippen molar-refractivity contribution in [2.45, 2.75) is 65.0 Å². The molecular formula is C14H26N2O3. The van der Waals surface area contributed by atoms with Crippen LogP contribution in [0.2, 0.25) is 0 Å². The second kappa shape index (κ2) is 6.78. The fourth-order valence-corrected chi connectivity index (χ4v) is 1.79. The maximum Gasteiger partial charge on any atom is 0.407 e. The largest absolute Gasteiger partial charge is 0.444 e. The molecule has 1 aliphatic carbocycles. The number of ether oxygens (including phenoxy) is 1. The molecule has 0 radical (unpaired) electrons. The van der Waals surface area contributed by atoms with Crippen molar-refractivity contribution in [3.8, 4) is 0 Å². The molecule has 110 valence electrons. The van der Waals surface area contributed by atoms with Crippen LogP contribution in [0.5, 0.6) is 0 Å². The summed E-state index contributed by atoms with van der Waals surface area (Å²) in [6.45, 7) is 7.96. The maximum absolute atomic E-state index is 11.6. The number of alkyl carbamates (subject to hydrolysis) is 1. The lowest BCUT2D eigenvalue weighted by atomic mass is 10.2. The smallest absolute Gasteiger partial charge is 0.407 e. The Morgan fingerprint density at radius 3 is 2.47 bits per heavy atom. The molecule has 2 N–H and O–H groups in total. The van der Waals surface area contributed by atoms with Crippen molar-refractivity contribution in [2.24, 2.45) is 5.92 Å². The molecule has 1 unspecified atom stereocenters. The first-order chi connectivity index (χ1) is 8.78. The number of amides is 2. The van der Waals surface area contributed by atoms with Gasteiger partial charge in [-0.05, 0) is 52.9 Å². The highest BCUT2D eigenvalue weighted by Gasteiger charge is 2.28. The zero-order valence-corrected chi connectivity index (χ0v) is 12.4. The van der Waals surface area contributed by atoms with Crippen LogP contribution in [0.25, 0.3) is 0 Å². The summed E-state index contributed by atoms with van der Waals surface area (Å²) < 4.78 is 5.10. The van der Waals surface area contributed by atoms with E-state index in [1.807, 2.05) is 20.8 Å². The van der Waals surface area contributed by atoms with Crippen LogP contribution in [0.1, 0.15) is 53.4 Å². The third-order valence-electron chi connectivity index (χ3n) is 2.97. The maximum atomic E-state index is 11.6. The Hall–Kier alpha value is -1.26. The van der Waals surface area contributed by atoms with Gasteiger partial charge in [0.2, 0.25) is 5.91 Å². The standard InChI is InChI=1S/C14H26N2O3/c1-10(11-7-8-11)16-12(17)6-5-9-15-13(18)19-14(2,3)4/h10-11H,5-9H2,1-4H3,(H,15,18)(H,16,17). The molecule has 2 amide bonds. The van der Waals surface area contributed by atoms with E-state index in [2.05, 4.69) is 17.6 Å². The second-order valence-corrected chi connectivity index (χ2v) is 6.23. The SMILES string of the molecule is CC(NC(=O)CCCNC(=O)OC(C)(C)C)C1CC1. The van der Waals surface area contributed by atoms with E-state index in [1.54, 1.807) is 0 Å². The van der Waals surface area contributed by atoms with E-state index < -0.39 is 11.7 Å². The average molecular weight is 270 g/mol. The monoisotopic (exact) mass is 270 g/mol. The molecule has 0 saturated heterocycles. The molecule has 5 nitrogen and oxygen atoms in total. The van der Waals surface area contributed by atoms with Crippen molar-refractivity contribution in [3.63, 3.8) is 0 Å². The Balaban J connectivity index is 2.03. The number of hydrogen-bond acceptors (Lipinski definition) is 3. The van der Waals surface area contributed by atoms with E-state index in [0.717, 1.165) is 0 Å². The van der Waals surface area contributed by atoms with Crippen molar-refractivity contribution < 1.29 is 14.3 Å². The van der Waals surface area contributed by atoms with Crippen molar-refractivity contribution in [1.29, 1.82) is 0 Å². The molecule has 0 aromatic carbocycles. The van der Waals surface area contributed by atoms with Gasteiger partial charge in [-0.2, -0.15) is 0 Å². The van der Waals surface area contributed by atoms with Gasteiger partial charge in [-0.15, -0.1) is 0 Å². The Morgan fingerprint density at radius 1 is 1.32 bits per heavy atom. The Kier molecular flexibility index (Phi) is 5.63. The lowest BCUT2D eigenvalue weighted by molar-refractivity contribution is -0.121. The average Bonchev–Trinajstić information content (AvgIpc) is 3.05. The van der Waals surface area contributed by atoms with Crippen LogP contribution in [0, 0.1) is 5.92 Å². The number of carbonyl (C=O) groups excluding carboxylic acids is 2. The fourth-order valence-electron chi connectivity index (χ4n) is 1.79. The van der Waals surface area contributed by atoms with Gasteiger partial charge < -0.3 is 15.4 Å². The van der Waals surface area contributed by atoms with Crippen LogP contribution in [0.15, 0.2) is 0 Å². The van der Waals surface area contributed by atoms with Crippen molar-refractivity contribution in [3.05, 3.63) is 0 Å². The summed E-state index contributed by atoms with van der Waals surface area (Å²) in [7, 11) is 0. The molecule has 0 spiro atoms. The minimum atomic E-state index is -0.485. The Labute approximate surface area is 115 Å². The topological polar surface area (TPSA) is 67.4 Å². The summed E-state index contributed by atoms with van der Waals surface area (Å²) in [5.74, 6) is 0.731. The molecule has 1 aliphatic rings. The number of hydrogen-bond donors (Lipinski definition) is 2. The Morgan fingerprint density at radius 2 is 1.95 bits per heavy atom. The van der Waals surface area contributed by atoms with Gasteiger partial charge in [-0.25, -0.2) is 4.79 Å². The molecule has 0 bridgehead atoms. The molecule has 5 heteroatoms. The molecule has 1 atom stereocenters. The van der Waals surface area contributed by atoms with E-state index in [1.165, 1.54) is 12.8 Å². The number of nitrogens with one attached hydrogen (secondary N) is 2. The van der Waals surface area contributed by atoms with Crippen molar-refractivity contribution in [1.82, 2.24) is 10.6 Å². The van der Waals surface area contributed by atoms with Crippen LogP contribution in [0.4, 0.5) is 4.79 Å². The molecule has 0 heterocycles. The van der Waals surface area contributed by atoms with E-state index in [4.69, 9.17) is 4.74 Å². The number of rotatable bonds is 6. The highest BCUT2D eigenvalue weighted by Crippen LogP contribution is 2.32. The first kappa shape index (κ1) is 15.8. The van der Waals surface area contributed by atoms with Crippen LogP contribution >= 0.6 is 0 Å². The van der Waals surface area contributed by atoms with Gasteiger partial charge in [0.1, 0.15) is 5.60 Å². The summed E-state index contributed by atoms with van der Waals surface area (Å²) in [5.41, 5.74) is -0.485. The van der Waals surface area contributed by atoms with E-state index in [9.17, 15) is 9.59 Å². The third kappa shape index (κ3) is 7.70. The highest BCUT2D eigenvalue weighted by atomic mass is 16.6. The van der Waals surface area contributed by atoms with Gasteiger partial charge in [0, 0.05) is 19.0 Å². The fraction of sp³-hybridized carbons (Fsp3) is 0.857. The molecule has 1 fully saturated rings. The van der Waals surface area contributed by atoms with Crippen LogP contribution < -0.4 is 10.6 Å². The lowest BCUT2D eigenvalue weighted by Crippen LogP contribution is -2.35. The summed E-state index contributed by atoms with van der Waals surface area (Å²) in [4.78, 5) is 22.9. The summed E-state index contributed by atoms with van der Waals surface area (Å²) in [5, 5.41) is 5.63. The first-order valence-electron chi connectivity index (χ1n) is 7.04. The third-order valence-corrected chi connectivity index (χ3v) is 2.97. The van der Waals surface area contributed by atoms with Gasteiger partial charge in [-0.3, -0.25) is 4.79 Å². The quantitative estimate of drug-likeness (QED) is 0.727. The van der Waals surface area contributed by atoms with Crippen LogP contribution in [0.3, 0.4) is 0 Å². The molecular weight excluding hydrogens is 244 g/mol. The van der Waals surface area contributed by atoms with E-state index >= 15 is 0 Å². The molecule has 1 saturated carbocycles. The highest BCUT2D eigenvalue weighted by molar-refractivity contribution is 5.76. The predicted octanol–water partition coefficient (Wildman–Crippen LogP) is 2.21. The predicted molar refractivity (Wildman–Crippen MR) is 73.8 cm³/mol. The Bertz CT molecular complexity index is 319. The second-order valence-electron chi connectivity index (χ2n) is 6.23. The zero-order valence-electron chi connectivity index (χ0n) is 12.4. The molecule has 0 aliphatic heterocycles. The van der Waals surface area contributed by atoms with Gasteiger partial charge in [-0.1, -0.05) is 0 Å². The van der Waals surface area contributed by atoms with Crippen molar-refractivity contribution >= 4 is 12.0 Å². The molecule has 0 aromatic heterocycles. The van der Waals surface area contributed by atoms with E-state index in [0.29, 0.717) is 25.3 Å². The molecule has 19 heavy (non-hydrogen) atoms. The van der Waals surface area contributed by atoms with Gasteiger partial charge in [0.15, 0.2) is 0 Å². The lowest BCUT2D eigenvalue weighted by Gasteiger charge is -2.19. The molecule has 1 rings (SSSR count). The van der Waals surface area contributed by atoms with Gasteiger partial charge in [0.05, 0.1) is 0 Å². The summed E-state index contributed by atoms with van der Waals surface area (Å²) in [6, 6.07) is 0.284. The molecule has 0 aromatic rings. The van der Waals surface area contributed by atoms with E-state index in [-0.39, 0.29) is 11.9 Å².